The summed E-state index contributed by atoms with van der Waals surface area (Å²) in [6.07, 6.45) is 8.52. The Bertz CT molecular complexity index is 742. The summed E-state index contributed by atoms with van der Waals surface area (Å²) >= 11 is 0. The number of allylic oxidation sites excluding steroid dienone is 2. The van der Waals surface area contributed by atoms with E-state index in [9.17, 15) is 14.3 Å². The smallest absolute Gasteiger partial charge is 0.303 e. The molecule has 1 aliphatic heterocycles. The van der Waals surface area contributed by atoms with Crippen LogP contribution in [0.3, 0.4) is 0 Å². The van der Waals surface area contributed by atoms with Crippen molar-refractivity contribution in [3.63, 3.8) is 0 Å². The first kappa shape index (κ1) is 30.6. The molecule has 1 aromatic carbocycles. The van der Waals surface area contributed by atoms with Crippen molar-refractivity contribution in [3.8, 4) is 5.75 Å². The Kier molecular flexibility index (Phi) is 14.9. The first-order valence-corrected chi connectivity index (χ1v) is 12.7. The summed E-state index contributed by atoms with van der Waals surface area (Å²) in [7, 11) is 0. The van der Waals surface area contributed by atoms with Gasteiger partial charge in [-0.25, -0.2) is 4.39 Å². The normalized spacial score (nSPS) is 27.4. The van der Waals surface area contributed by atoms with Crippen LogP contribution in [-0.4, -0.2) is 54.1 Å². The van der Waals surface area contributed by atoms with Crippen LogP contribution >= 0.6 is 0 Å². The van der Waals surface area contributed by atoms with Crippen molar-refractivity contribution in [2.24, 2.45) is 11.8 Å². The van der Waals surface area contributed by atoms with Gasteiger partial charge >= 0.3 is 5.97 Å². The molecule has 6 nitrogen and oxygen atoms in total. The molecule has 0 amide bonds. The third-order valence-corrected chi connectivity index (χ3v) is 6.78. The van der Waals surface area contributed by atoms with Gasteiger partial charge in [0.25, 0.3) is 0 Å². The monoisotopic (exact) mass is 619 g/mol. The van der Waals surface area contributed by atoms with E-state index in [-0.39, 0.29) is 78.5 Å². The fourth-order valence-electron chi connectivity index (χ4n) is 4.95. The fourth-order valence-corrected chi connectivity index (χ4v) is 4.95. The zero-order chi connectivity index (χ0) is 24.2. The second-order valence-corrected chi connectivity index (χ2v) is 9.39. The molecular weight excluding hydrogens is 580 g/mol. The topological polar surface area (TPSA) is 85.2 Å². The maximum Gasteiger partial charge on any atom is 0.303 e. The minimum Gasteiger partial charge on any atom is -0.491 e. The number of carbonyl (C=O) groups is 1. The molecule has 0 aromatic heterocycles. The molecule has 1 radical (unpaired) electrons. The van der Waals surface area contributed by atoms with E-state index in [0.717, 1.165) is 19.3 Å². The number of aliphatic hydroxyl groups excluding tert-OH is 1. The minimum atomic E-state index is -1.10. The Balaban J connectivity index is 0.00000432. The molecular formula is C27H39FO6Pr. The van der Waals surface area contributed by atoms with E-state index in [0.29, 0.717) is 50.9 Å². The quantitative estimate of drug-likeness (QED) is 0.218. The number of ether oxygens (including phenoxy) is 3. The zero-order valence-corrected chi connectivity index (χ0v) is 24.2. The molecule has 1 unspecified atom stereocenters. The molecule has 0 spiro atoms. The van der Waals surface area contributed by atoms with E-state index in [1.54, 1.807) is 0 Å². The second-order valence-electron chi connectivity index (χ2n) is 9.39. The maximum atomic E-state index is 14.7. The van der Waals surface area contributed by atoms with Crippen LogP contribution < -0.4 is 4.74 Å². The summed E-state index contributed by atoms with van der Waals surface area (Å²) in [5, 5.41) is 19.6. The molecule has 3 rings (SSSR count). The minimum absolute atomic E-state index is 0. The van der Waals surface area contributed by atoms with Crippen LogP contribution in [0.2, 0.25) is 0 Å². The molecule has 0 bridgehead atoms. The van der Waals surface area contributed by atoms with Gasteiger partial charge in [0.15, 0.2) is 6.29 Å². The molecule has 8 heteroatoms. The standard InChI is InChI=1S/C27H39FO6.Pr/c28-20(19-33-21-10-4-3-5-11-21)15-16-23-22(12-6-1-2-7-13-26(30)31)24(29)18-25(23)34-27-14-8-9-17-32-27;/h1,3-6,10-11,20,22-25,27,29H,2,7-9,12-19H2,(H,30,31);/b6-1-;/t20-,22-,23-,24+,25-,27?;/m1./s1. The van der Waals surface area contributed by atoms with Crippen LogP contribution in [0.25, 0.3) is 0 Å². The van der Waals surface area contributed by atoms with Crippen LogP contribution in [0.4, 0.5) is 4.39 Å². The summed E-state index contributed by atoms with van der Waals surface area (Å²) < 4.78 is 32.3. The zero-order valence-electron chi connectivity index (χ0n) is 20.5. The van der Waals surface area contributed by atoms with Crippen molar-refractivity contribution in [2.45, 2.75) is 88.9 Å². The van der Waals surface area contributed by atoms with Gasteiger partial charge in [0, 0.05) is 60.7 Å². The van der Waals surface area contributed by atoms with Crippen LogP contribution in [0.1, 0.15) is 64.2 Å². The van der Waals surface area contributed by atoms with Gasteiger partial charge < -0.3 is 24.4 Å². The van der Waals surface area contributed by atoms with Crippen molar-refractivity contribution >= 4 is 5.97 Å². The number of aliphatic hydroxyl groups is 1. The number of para-hydroxylation sites is 1. The third-order valence-electron chi connectivity index (χ3n) is 6.78. The number of halogens is 1. The van der Waals surface area contributed by atoms with E-state index < -0.39 is 18.2 Å². The van der Waals surface area contributed by atoms with Crippen molar-refractivity contribution in [2.75, 3.05) is 13.2 Å². The van der Waals surface area contributed by atoms with E-state index in [4.69, 9.17) is 19.3 Å². The van der Waals surface area contributed by atoms with Crippen LogP contribution in [-0.2, 0) is 14.3 Å². The average molecular weight is 620 g/mol. The van der Waals surface area contributed by atoms with Crippen molar-refractivity contribution in [1.29, 1.82) is 0 Å². The number of carboxylic acids is 1. The van der Waals surface area contributed by atoms with Crippen LogP contribution in [0.5, 0.6) is 5.75 Å². The molecule has 2 fully saturated rings. The second kappa shape index (κ2) is 17.0. The number of aliphatic carboxylic acids is 1. The number of carboxylic acid groups (broad SMARTS) is 1. The Morgan fingerprint density at radius 1 is 1.20 bits per heavy atom. The Hall–Kier alpha value is -0.596. The summed E-state index contributed by atoms with van der Waals surface area (Å²) in [6, 6.07) is 9.23. The molecule has 1 aromatic rings. The fraction of sp³-hybridized carbons (Fsp3) is 0.667. The van der Waals surface area contributed by atoms with Gasteiger partial charge in [0.1, 0.15) is 18.5 Å². The van der Waals surface area contributed by atoms with Crippen molar-refractivity contribution < 1.29 is 74.9 Å². The SMILES string of the molecule is O=C(O)CCC/C=C\C[C@@H]1[C@@H](CC[C@@H](F)COc2ccccc2)[C@H](OC2CCCCO2)C[C@@H]1O.[Pr]. The van der Waals surface area contributed by atoms with Crippen LogP contribution in [0, 0.1) is 53.1 Å². The molecule has 1 aliphatic carbocycles. The first-order valence-electron chi connectivity index (χ1n) is 12.7. The predicted octanol–water partition coefficient (Wildman–Crippen LogP) is 5.29. The number of hydrogen-bond acceptors (Lipinski definition) is 5. The Morgan fingerprint density at radius 2 is 2.00 bits per heavy atom. The number of alkyl halides is 1. The van der Waals surface area contributed by atoms with Gasteiger partial charge in [-0.1, -0.05) is 30.4 Å². The third kappa shape index (κ3) is 11.1. The van der Waals surface area contributed by atoms with Crippen LogP contribution in [0.15, 0.2) is 42.5 Å². The van der Waals surface area contributed by atoms with Gasteiger partial charge in [-0.15, -0.1) is 0 Å². The number of benzene rings is 1. The number of hydrogen-bond donors (Lipinski definition) is 2. The van der Waals surface area contributed by atoms with Gasteiger partial charge in [-0.05, 0) is 75.3 Å². The van der Waals surface area contributed by atoms with Gasteiger partial charge in [-0.2, -0.15) is 0 Å². The first-order chi connectivity index (χ1) is 16.5. The molecule has 1 saturated carbocycles. The number of unbranched alkanes of at least 4 members (excludes halogenated alkanes) is 1. The molecule has 1 heterocycles. The Labute approximate surface area is 241 Å². The summed E-state index contributed by atoms with van der Waals surface area (Å²) in [6.45, 7) is 0.696. The maximum absolute atomic E-state index is 14.7. The van der Waals surface area contributed by atoms with E-state index >= 15 is 0 Å². The van der Waals surface area contributed by atoms with E-state index in [1.807, 2.05) is 42.5 Å². The van der Waals surface area contributed by atoms with Gasteiger partial charge in [0.05, 0.1) is 12.2 Å². The molecule has 2 aliphatic rings. The largest absolute Gasteiger partial charge is 0.491 e. The van der Waals surface area contributed by atoms with Crippen molar-refractivity contribution in [3.05, 3.63) is 42.5 Å². The summed E-state index contributed by atoms with van der Waals surface area (Å²) in [5.41, 5.74) is 0. The van der Waals surface area contributed by atoms with Gasteiger partial charge in [0.2, 0.25) is 0 Å². The number of rotatable bonds is 14. The van der Waals surface area contributed by atoms with Crippen molar-refractivity contribution in [1.82, 2.24) is 0 Å². The molecule has 35 heavy (non-hydrogen) atoms. The summed E-state index contributed by atoms with van der Waals surface area (Å²) in [4.78, 5) is 10.7. The molecule has 193 valence electrons. The average Bonchev–Trinajstić information content (AvgIpc) is 3.13. The van der Waals surface area contributed by atoms with E-state index in [1.165, 1.54) is 0 Å². The predicted molar refractivity (Wildman–Crippen MR) is 127 cm³/mol. The molecule has 2 N–H and O–H groups in total. The molecule has 6 atom stereocenters. The molecule has 1 saturated heterocycles. The van der Waals surface area contributed by atoms with Gasteiger partial charge in [-0.3, -0.25) is 4.79 Å². The Morgan fingerprint density at radius 3 is 2.71 bits per heavy atom. The van der Waals surface area contributed by atoms with E-state index in [2.05, 4.69) is 0 Å². The summed E-state index contributed by atoms with van der Waals surface area (Å²) in [5.74, 6) is -0.129.